The fourth-order valence-corrected chi connectivity index (χ4v) is 4.43. The molecular formula is C32H42FN3O8. The number of ether oxygens (including phenoxy) is 2. The number of aromatic nitrogens is 1. The Morgan fingerprint density at radius 2 is 1.55 bits per heavy atom. The number of amides is 2. The molecule has 2 amide bonds. The topological polar surface area (TPSA) is 143 Å². The highest BCUT2D eigenvalue weighted by atomic mass is 19.1. The van der Waals surface area contributed by atoms with Gasteiger partial charge in [0.2, 0.25) is 11.7 Å². The monoisotopic (exact) mass is 615 g/mol. The minimum atomic E-state index is -0.746. The van der Waals surface area contributed by atoms with Crippen molar-refractivity contribution in [2.45, 2.75) is 79.1 Å². The standard InChI is InChI=1S/C32H42FN3O8/c1-20-10-15-23(42-20)26(37)24-25(21-11-13-22(33)14-12-21)36(28(39)27(24)38)19-9-18-35(30(41)44-32(5,6)7)17-8-16-34-29(40)43-31(2,3)4/h10-15,38-39H,8-9,16-19H2,1-7H3,(H,34,40). The van der Waals surface area contributed by atoms with Crippen molar-refractivity contribution in [1.82, 2.24) is 14.8 Å². The third-order valence-electron chi connectivity index (χ3n) is 6.25. The van der Waals surface area contributed by atoms with Crippen LogP contribution in [0.25, 0.3) is 11.3 Å². The van der Waals surface area contributed by atoms with Crippen LogP contribution >= 0.6 is 0 Å². The third-order valence-corrected chi connectivity index (χ3v) is 6.25. The van der Waals surface area contributed by atoms with Gasteiger partial charge in [-0.15, -0.1) is 0 Å². The number of ketones is 1. The van der Waals surface area contributed by atoms with Crippen molar-refractivity contribution in [3.63, 3.8) is 0 Å². The van der Waals surface area contributed by atoms with Gasteiger partial charge in [-0.25, -0.2) is 14.0 Å². The maximum atomic E-state index is 13.8. The van der Waals surface area contributed by atoms with Gasteiger partial charge >= 0.3 is 12.2 Å². The summed E-state index contributed by atoms with van der Waals surface area (Å²) in [7, 11) is 0. The lowest BCUT2D eigenvalue weighted by atomic mass is 10.0. The third kappa shape index (κ3) is 9.26. The minimum Gasteiger partial charge on any atom is -0.503 e. The molecule has 12 heteroatoms. The van der Waals surface area contributed by atoms with Crippen LogP contribution in [0.4, 0.5) is 14.0 Å². The second-order valence-electron chi connectivity index (χ2n) is 12.4. The normalized spacial score (nSPS) is 11.7. The number of benzene rings is 1. The van der Waals surface area contributed by atoms with E-state index in [9.17, 15) is 29.0 Å². The van der Waals surface area contributed by atoms with Gasteiger partial charge in [0.25, 0.3) is 0 Å². The lowest BCUT2D eigenvalue weighted by Gasteiger charge is -2.28. The summed E-state index contributed by atoms with van der Waals surface area (Å²) in [5, 5.41) is 24.5. The molecule has 240 valence electrons. The number of aromatic hydroxyl groups is 2. The number of rotatable bonds is 11. The first-order valence-electron chi connectivity index (χ1n) is 14.4. The Hall–Kier alpha value is -4.48. The van der Waals surface area contributed by atoms with E-state index in [1.165, 1.54) is 39.8 Å². The minimum absolute atomic E-state index is 0.0330. The summed E-state index contributed by atoms with van der Waals surface area (Å²) in [5.74, 6) is -1.89. The van der Waals surface area contributed by atoms with E-state index in [0.717, 1.165) is 0 Å². The Labute approximate surface area is 256 Å². The molecule has 0 aliphatic rings. The molecule has 3 N–H and O–H groups in total. The predicted molar refractivity (Wildman–Crippen MR) is 161 cm³/mol. The number of nitrogens with one attached hydrogen (secondary N) is 1. The maximum absolute atomic E-state index is 13.8. The van der Waals surface area contributed by atoms with Crippen LogP contribution in [0.2, 0.25) is 0 Å². The van der Waals surface area contributed by atoms with Crippen molar-refractivity contribution in [1.29, 1.82) is 0 Å². The van der Waals surface area contributed by atoms with Gasteiger partial charge in [-0.3, -0.25) is 4.79 Å². The van der Waals surface area contributed by atoms with Gasteiger partial charge in [-0.05, 0) is 103 Å². The Kier molecular flexibility index (Phi) is 10.7. The molecule has 3 rings (SSSR count). The first kappa shape index (κ1) is 34.0. The average Bonchev–Trinajstić information content (AvgIpc) is 3.44. The number of hydrogen-bond donors (Lipinski definition) is 3. The number of aryl methyl sites for hydroxylation is 1. The fraction of sp³-hybridized carbons (Fsp3) is 0.469. The molecule has 1 aromatic carbocycles. The molecule has 44 heavy (non-hydrogen) atoms. The van der Waals surface area contributed by atoms with E-state index in [1.54, 1.807) is 54.5 Å². The van der Waals surface area contributed by atoms with Crippen LogP contribution in [0.15, 0.2) is 40.8 Å². The van der Waals surface area contributed by atoms with Gasteiger partial charge in [-0.2, -0.15) is 0 Å². The van der Waals surface area contributed by atoms with Gasteiger partial charge < -0.3 is 38.9 Å². The Balaban J connectivity index is 1.83. The van der Waals surface area contributed by atoms with Crippen LogP contribution in [-0.2, 0) is 16.0 Å². The predicted octanol–water partition coefficient (Wildman–Crippen LogP) is 6.38. The molecule has 0 aliphatic heterocycles. The molecule has 0 saturated carbocycles. The number of hydrogen-bond acceptors (Lipinski definition) is 8. The van der Waals surface area contributed by atoms with E-state index < -0.39 is 46.6 Å². The summed E-state index contributed by atoms with van der Waals surface area (Å²) >= 11 is 0. The zero-order valence-electron chi connectivity index (χ0n) is 26.3. The summed E-state index contributed by atoms with van der Waals surface area (Å²) in [5.41, 5.74) is -1.03. The number of carbonyl (C=O) groups is 3. The average molecular weight is 616 g/mol. The van der Waals surface area contributed by atoms with Crippen molar-refractivity contribution in [3.05, 3.63) is 59.3 Å². The molecule has 2 aromatic heterocycles. The molecule has 0 spiro atoms. The number of alkyl carbamates (subject to hydrolysis) is 1. The van der Waals surface area contributed by atoms with Crippen molar-refractivity contribution in [2.75, 3.05) is 19.6 Å². The van der Waals surface area contributed by atoms with Crippen LogP contribution in [0, 0.1) is 12.7 Å². The van der Waals surface area contributed by atoms with Gasteiger partial charge in [-0.1, -0.05) is 0 Å². The molecular weight excluding hydrogens is 573 g/mol. The largest absolute Gasteiger partial charge is 0.503 e. The van der Waals surface area contributed by atoms with Gasteiger partial charge in [0, 0.05) is 26.2 Å². The zero-order valence-corrected chi connectivity index (χ0v) is 26.3. The summed E-state index contributed by atoms with van der Waals surface area (Å²) in [6.45, 7) is 13.0. The van der Waals surface area contributed by atoms with Crippen molar-refractivity contribution in [2.24, 2.45) is 0 Å². The van der Waals surface area contributed by atoms with Crippen LogP contribution < -0.4 is 5.32 Å². The molecule has 0 fully saturated rings. The Morgan fingerprint density at radius 1 is 0.932 bits per heavy atom. The first-order chi connectivity index (χ1) is 20.5. The molecule has 11 nitrogen and oxygen atoms in total. The van der Waals surface area contributed by atoms with Gasteiger partial charge in [0.05, 0.1) is 11.3 Å². The van der Waals surface area contributed by atoms with Gasteiger partial charge in [0.1, 0.15) is 22.8 Å². The SMILES string of the molecule is Cc1ccc(C(=O)c2c(O)c(O)n(CCCN(CCCNC(=O)OC(C)(C)C)C(=O)OC(C)(C)C)c2-c2ccc(F)cc2)o1. The smallest absolute Gasteiger partial charge is 0.410 e. The van der Waals surface area contributed by atoms with E-state index in [1.807, 2.05) is 0 Å². The lowest BCUT2D eigenvalue weighted by Crippen LogP contribution is -2.39. The van der Waals surface area contributed by atoms with E-state index in [2.05, 4.69) is 5.32 Å². The van der Waals surface area contributed by atoms with E-state index >= 15 is 0 Å². The number of carbonyl (C=O) groups excluding carboxylic acids is 3. The molecule has 3 aromatic rings. The van der Waals surface area contributed by atoms with Gasteiger partial charge in [0.15, 0.2) is 11.5 Å². The summed E-state index contributed by atoms with van der Waals surface area (Å²) in [6.07, 6.45) is -0.428. The summed E-state index contributed by atoms with van der Waals surface area (Å²) in [4.78, 5) is 39.9. The summed E-state index contributed by atoms with van der Waals surface area (Å²) < 4.78 is 31.4. The number of halogens is 1. The van der Waals surface area contributed by atoms with Crippen LogP contribution in [0.3, 0.4) is 0 Å². The van der Waals surface area contributed by atoms with Crippen LogP contribution in [0.5, 0.6) is 11.6 Å². The molecule has 2 heterocycles. The molecule has 0 unspecified atom stereocenters. The molecule has 0 radical (unpaired) electrons. The molecule has 0 atom stereocenters. The highest BCUT2D eigenvalue weighted by Gasteiger charge is 2.31. The number of furan rings is 1. The highest BCUT2D eigenvalue weighted by molar-refractivity contribution is 6.13. The van der Waals surface area contributed by atoms with E-state index in [0.29, 0.717) is 17.7 Å². The molecule has 0 aliphatic carbocycles. The van der Waals surface area contributed by atoms with E-state index in [4.69, 9.17) is 13.9 Å². The quantitative estimate of drug-likeness (QED) is 0.167. The van der Waals surface area contributed by atoms with Crippen LogP contribution in [-0.4, -0.2) is 68.5 Å². The molecule has 0 saturated heterocycles. The van der Waals surface area contributed by atoms with Crippen LogP contribution in [0.1, 0.15) is 76.3 Å². The second kappa shape index (κ2) is 13.9. The number of nitrogens with zero attached hydrogens (tertiary/aromatic N) is 2. The maximum Gasteiger partial charge on any atom is 0.410 e. The van der Waals surface area contributed by atoms with Crippen molar-refractivity contribution >= 4 is 18.0 Å². The molecule has 0 bridgehead atoms. The Morgan fingerprint density at radius 3 is 2.11 bits per heavy atom. The fourth-order valence-electron chi connectivity index (χ4n) is 4.43. The highest BCUT2D eigenvalue weighted by Crippen LogP contribution is 2.42. The second-order valence-corrected chi connectivity index (χ2v) is 12.4. The van der Waals surface area contributed by atoms with Crippen molar-refractivity contribution in [3.8, 4) is 22.9 Å². The summed E-state index contributed by atoms with van der Waals surface area (Å²) in [6, 6.07) is 8.37. The van der Waals surface area contributed by atoms with Crippen molar-refractivity contribution < 1.29 is 42.9 Å². The Bertz CT molecular complexity index is 1460. The zero-order chi connectivity index (χ0) is 32.8. The van der Waals surface area contributed by atoms with E-state index in [-0.39, 0.29) is 49.6 Å². The first-order valence-corrected chi connectivity index (χ1v) is 14.4. The lowest BCUT2D eigenvalue weighted by molar-refractivity contribution is 0.0243.